The van der Waals surface area contributed by atoms with Gasteiger partial charge in [0.05, 0.1) is 36.2 Å². The molecule has 8 heteroatoms. The van der Waals surface area contributed by atoms with Gasteiger partial charge >= 0.3 is 0 Å². The van der Waals surface area contributed by atoms with Gasteiger partial charge in [-0.3, -0.25) is 4.99 Å². The second-order valence-electron chi connectivity index (χ2n) is 6.62. The molecule has 1 aliphatic rings. The van der Waals surface area contributed by atoms with Crippen LogP contribution in [0.15, 0.2) is 33.2 Å². The van der Waals surface area contributed by atoms with Crippen LogP contribution >= 0.6 is 35.3 Å². The fraction of sp³-hybridized carbons (Fsp3) is 0.579. The van der Waals surface area contributed by atoms with Gasteiger partial charge in [0.15, 0.2) is 5.96 Å². The highest BCUT2D eigenvalue weighted by Crippen LogP contribution is 2.13. The van der Waals surface area contributed by atoms with E-state index in [2.05, 4.69) is 27.6 Å². The molecule has 3 rings (SSSR count). The van der Waals surface area contributed by atoms with Gasteiger partial charge in [0.2, 0.25) is 0 Å². The smallest absolute Gasteiger partial charge is 0.194 e. The molecule has 1 unspecified atom stereocenters. The summed E-state index contributed by atoms with van der Waals surface area (Å²) < 4.78 is 11.2. The Morgan fingerprint density at radius 1 is 1.44 bits per heavy atom. The molecule has 1 aliphatic heterocycles. The summed E-state index contributed by atoms with van der Waals surface area (Å²) in [5.74, 6) is 1.86. The number of hydrogen-bond acceptors (Lipinski definition) is 5. The van der Waals surface area contributed by atoms with E-state index in [1.54, 1.807) is 17.6 Å². The summed E-state index contributed by atoms with van der Waals surface area (Å²) in [4.78, 5) is 11.5. The third kappa shape index (κ3) is 7.42. The first-order valence-corrected chi connectivity index (χ1v) is 10.1. The lowest BCUT2D eigenvalue weighted by atomic mass is 10.1. The minimum Gasteiger partial charge on any atom is -0.469 e. The van der Waals surface area contributed by atoms with E-state index in [4.69, 9.17) is 14.1 Å². The second-order valence-corrected chi connectivity index (χ2v) is 7.69. The number of ether oxygens (including phenoxy) is 1. The molecule has 0 spiro atoms. The Bertz CT molecular complexity index is 684. The van der Waals surface area contributed by atoms with Crippen LogP contribution in [-0.4, -0.2) is 48.7 Å². The number of nitrogens with zero attached hydrogens (tertiary/aromatic N) is 3. The molecule has 6 nitrogen and oxygen atoms in total. The van der Waals surface area contributed by atoms with Crippen molar-refractivity contribution in [1.82, 2.24) is 15.2 Å². The Morgan fingerprint density at radius 3 is 3.00 bits per heavy atom. The van der Waals surface area contributed by atoms with Crippen LogP contribution in [0, 0.1) is 6.92 Å². The van der Waals surface area contributed by atoms with Crippen molar-refractivity contribution in [1.29, 1.82) is 0 Å². The number of furan rings is 1. The molecule has 1 saturated heterocycles. The van der Waals surface area contributed by atoms with Crippen LogP contribution in [0.4, 0.5) is 0 Å². The van der Waals surface area contributed by atoms with E-state index in [1.165, 1.54) is 6.42 Å². The van der Waals surface area contributed by atoms with E-state index in [0.717, 1.165) is 61.4 Å². The van der Waals surface area contributed by atoms with E-state index in [9.17, 15) is 0 Å². The third-order valence-electron chi connectivity index (χ3n) is 4.38. The standard InChI is InChI=1S/C19H28N4O2S.HI/c1-15-22-16(14-26-15)13-23(2)19(20-9-8-17-7-5-11-24-17)21-12-18-6-3-4-10-25-18;/h5,7,11,14,18H,3-4,6,8-10,12-13H2,1-2H3,(H,20,21);1H. The minimum atomic E-state index is 0. The first-order chi connectivity index (χ1) is 12.7. The van der Waals surface area contributed by atoms with Crippen LogP contribution in [0.1, 0.15) is 35.7 Å². The van der Waals surface area contributed by atoms with Gasteiger partial charge in [-0.05, 0) is 38.3 Å². The van der Waals surface area contributed by atoms with Crippen molar-refractivity contribution in [2.45, 2.75) is 45.3 Å². The van der Waals surface area contributed by atoms with Crippen molar-refractivity contribution in [3.8, 4) is 0 Å². The highest BCUT2D eigenvalue weighted by molar-refractivity contribution is 14.0. The SMILES string of the molecule is Cc1nc(CN(C)C(=NCC2CCCCO2)NCCc2ccco2)cs1.I. The van der Waals surface area contributed by atoms with Crippen LogP contribution in [0.3, 0.4) is 0 Å². The van der Waals surface area contributed by atoms with Gasteiger partial charge < -0.3 is 19.4 Å². The molecule has 0 amide bonds. The molecule has 1 N–H and O–H groups in total. The summed E-state index contributed by atoms with van der Waals surface area (Å²) in [5.41, 5.74) is 1.07. The van der Waals surface area contributed by atoms with Gasteiger partial charge in [-0.15, -0.1) is 35.3 Å². The molecule has 1 atom stereocenters. The van der Waals surface area contributed by atoms with Gasteiger partial charge in [0.1, 0.15) is 5.76 Å². The summed E-state index contributed by atoms with van der Waals surface area (Å²) in [6.45, 7) is 5.10. The minimum absolute atomic E-state index is 0. The van der Waals surface area contributed by atoms with Crippen molar-refractivity contribution >= 4 is 41.3 Å². The van der Waals surface area contributed by atoms with E-state index >= 15 is 0 Å². The Labute approximate surface area is 182 Å². The van der Waals surface area contributed by atoms with Crippen LogP contribution < -0.4 is 5.32 Å². The van der Waals surface area contributed by atoms with Crippen LogP contribution in [0.5, 0.6) is 0 Å². The number of halogens is 1. The topological polar surface area (TPSA) is 62.9 Å². The van der Waals surface area contributed by atoms with E-state index in [1.807, 2.05) is 19.1 Å². The quantitative estimate of drug-likeness (QED) is 0.353. The maximum absolute atomic E-state index is 5.81. The molecule has 0 saturated carbocycles. The molecule has 0 aliphatic carbocycles. The lowest BCUT2D eigenvalue weighted by Gasteiger charge is -2.24. The van der Waals surface area contributed by atoms with Crippen LogP contribution in [0.25, 0.3) is 0 Å². The maximum atomic E-state index is 5.81. The average Bonchev–Trinajstić information content (AvgIpc) is 3.30. The van der Waals surface area contributed by atoms with Gasteiger partial charge in [-0.1, -0.05) is 0 Å². The van der Waals surface area contributed by atoms with Crippen molar-refractivity contribution in [2.75, 3.05) is 26.7 Å². The normalized spacial score (nSPS) is 17.4. The zero-order chi connectivity index (χ0) is 18.2. The lowest BCUT2D eigenvalue weighted by Crippen LogP contribution is -2.40. The number of aryl methyl sites for hydroxylation is 1. The molecule has 27 heavy (non-hydrogen) atoms. The van der Waals surface area contributed by atoms with Crippen molar-refractivity contribution < 1.29 is 9.15 Å². The van der Waals surface area contributed by atoms with E-state index in [0.29, 0.717) is 6.54 Å². The molecule has 3 heterocycles. The average molecular weight is 504 g/mol. The van der Waals surface area contributed by atoms with Crippen LogP contribution in [-0.2, 0) is 17.7 Å². The van der Waals surface area contributed by atoms with Crippen LogP contribution in [0.2, 0.25) is 0 Å². The Kier molecular flexibility index (Phi) is 9.57. The Morgan fingerprint density at radius 2 is 2.33 bits per heavy atom. The number of aromatic nitrogens is 1. The van der Waals surface area contributed by atoms with Crippen molar-refractivity contribution in [3.63, 3.8) is 0 Å². The van der Waals surface area contributed by atoms with Crippen molar-refractivity contribution in [3.05, 3.63) is 40.2 Å². The fourth-order valence-electron chi connectivity index (χ4n) is 3.00. The molecule has 0 aromatic carbocycles. The van der Waals surface area contributed by atoms with Gasteiger partial charge in [-0.2, -0.15) is 0 Å². The maximum Gasteiger partial charge on any atom is 0.194 e. The van der Waals surface area contributed by atoms with Gasteiger partial charge in [0.25, 0.3) is 0 Å². The molecular formula is C19H29IN4O2S. The Hall–Kier alpha value is -1.13. The van der Waals surface area contributed by atoms with E-state index in [-0.39, 0.29) is 30.1 Å². The zero-order valence-electron chi connectivity index (χ0n) is 16.0. The number of guanidine groups is 1. The second kappa shape index (κ2) is 11.7. The summed E-state index contributed by atoms with van der Waals surface area (Å²) in [6, 6.07) is 3.91. The largest absolute Gasteiger partial charge is 0.469 e. The zero-order valence-corrected chi connectivity index (χ0v) is 19.2. The molecule has 150 valence electrons. The molecule has 2 aromatic heterocycles. The van der Waals surface area contributed by atoms with Crippen molar-refractivity contribution in [2.24, 2.45) is 4.99 Å². The number of rotatable bonds is 7. The van der Waals surface area contributed by atoms with E-state index < -0.39 is 0 Å². The van der Waals surface area contributed by atoms with Gasteiger partial charge in [-0.25, -0.2) is 4.98 Å². The number of aliphatic imine (C=N–C) groups is 1. The monoisotopic (exact) mass is 504 g/mol. The van der Waals surface area contributed by atoms with Gasteiger partial charge in [0, 0.05) is 32.0 Å². The summed E-state index contributed by atoms with van der Waals surface area (Å²) >= 11 is 1.68. The summed E-state index contributed by atoms with van der Waals surface area (Å²) in [6.07, 6.45) is 6.27. The predicted octanol–water partition coefficient (Wildman–Crippen LogP) is 3.85. The number of hydrogen-bond donors (Lipinski definition) is 1. The lowest BCUT2D eigenvalue weighted by molar-refractivity contribution is 0.0223. The third-order valence-corrected chi connectivity index (χ3v) is 5.20. The predicted molar refractivity (Wildman–Crippen MR) is 120 cm³/mol. The highest BCUT2D eigenvalue weighted by Gasteiger charge is 2.15. The number of thiazole rings is 1. The summed E-state index contributed by atoms with van der Waals surface area (Å²) in [5, 5.41) is 6.66. The molecular weight excluding hydrogens is 475 g/mol. The Balaban J connectivity index is 0.00000261. The molecule has 1 fully saturated rings. The molecule has 2 aromatic rings. The first kappa shape index (κ1) is 22.2. The first-order valence-electron chi connectivity index (χ1n) is 9.25. The number of nitrogens with one attached hydrogen (secondary N) is 1. The molecule has 0 bridgehead atoms. The fourth-order valence-corrected chi connectivity index (χ4v) is 3.61. The highest BCUT2D eigenvalue weighted by atomic mass is 127. The molecule has 0 radical (unpaired) electrons. The summed E-state index contributed by atoms with van der Waals surface area (Å²) in [7, 11) is 2.05.